The van der Waals surface area contributed by atoms with Crippen LogP contribution in [-0.4, -0.2) is 28.1 Å². The van der Waals surface area contributed by atoms with Crippen molar-refractivity contribution in [3.05, 3.63) is 47.7 Å². The molecule has 0 radical (unpaired) electrons. The Morgan fingerprint density at radius 2 is 2.16 bits per heavy atom. The van der Waals surface area contributed by atoms with Crippen LogP contribution in [0.5, 0.6) is 11.6 Å². The van der Waals surface area contributed by atoms with Crippen LogP contribution < -0.4 is 15.6 Å². The summed E-state index contributed by atoms with van der Waals surface area (Å²) in [6.07, 6.45) is 3.41. The monoisotopic (exact) mass is 340 g/mol. The molecule has 3 rings (SSSR count). The van der Waals surface area contributed by atoms with E-state index in [2.05, 4.69) is 16.9 Å². The molecule has 4 N–H and O–H groups in total. The predicted octanol–water partition coefficient (Wildman–Crippen LogP) is 3.32. The van der Waals surface area contributed by atoms with Gasteiger partial charge >= 0.3 is 5.97 Å². The van der Waals surface area contributed by atoms with Gasteiger partial charge in [-0.05, 0) is 24.1 Å². The highest BCUT2D eigenvalue weighted by molar-refractivity contribution is 6.01. The minimum absolute atomic E-state index is 0.153. The van der Waals surface area contributed by atoms with Crippen molar-refractivity contribution in [1.82, 2.24) is 9.97 Å². The number of carboxylic acid groups (broad SMARTS) is 1. The molecule has 0 aliphatic rings. The van der Waals surface area contributed by atoms with Crippen molar-refractivity contribution >= 4 is 22.7 Å². The van der Waals surface area contributed by atoms with Gasteiger partial charge in [0.1, 0.15) is 5.75 Å². The van der Waals surface area contributed by atoms with Crippen molar-refractivity contribution < 1.29 is 14.6 Å². The smallest absolute Gasteiger partial charge is 0.337 e. The number of aryl methyl sites for hydroxylation is 1. The number of rotatable bonds is 6. The van der Waals surface area contributed by atoms with Gasteiger partial charge < -0.3 is 19.8 Å². The number of nitrogens with two attached hydrogens (primary N) is 1. The fourth-order valence-electron chi connectivity index (χ4n) is 2.78. The zero-order valence-corrected chi connectivity index (χ0v) is 14.1. The fourth-order valence-corrected chi connectivity index (χ4v) is 2.78. The Morgan fingerprint density at radius 3 is 2.84 bits per heavy atom. The molecule has 25 heavy (non-hydrogen) atoms. The summed E-state index contributed by atoms with van der Waals surface area (Å²) in [5.74, 6) is 5.93. The highest BCUT2D eigenvalue weighted by Gasteiger charge is 2.13. The average Bonchev–Trinajstić information content (AvgIpc) is 2.98. The number of hydrazine groups is 1. The summed E-state index contributed by atoms with van der Waals surface area (Å²) in [5, 5.41) is 10.8. The van der Waals surface area contributed by atoms with Crippen molar-refractivity contribution in [3.63, 3.8) is 0 Å². The lowest BCUT2D eigenvalue weighted by molar-refractivity contribution is 0.0698. The lowest BCUT2D eigenvalue weighted by Crippen LogP contribution is -2.26. The number of aromatic nitrogens is 2. The first-order valence-corrected chi connectivity index (χ1v) is 7.99. The summed E-state index contributed by atoms with van der Waals surface area (Å²) in [6, 6.07) is 8.84. The van der Waals surface area contributed by atoms with Crippen LogP contribution in [0.25, 0.3) is 11.0 Å². The van der Waals surface area contributed by atoms with Crippen molar-refractivity contribution in [2.45, 2.75) is 19.8 Å². The molecule has 0 saturated carbocycles. The molecule has 7 heteroatoms. The Labute approximate surface area is 145 Å². The highest BCUT2D eigenvalue weighted by Crippen LogP contribution is 2.30. The number of H-pyrrole nitrogens is 1. The van der Waals surface area contributed by atoms with E-state index in [4.69, 9.17) is 10.6 Å². The van der Waals surface area contributed by atoms with Crippen molar-refractivity contribution in [2.24, 2.45) is 5.84 Å². The van der Waals surface area contributed by atoms with Gasteiger partial charge in [0.05, 0.1) is 22.3 Å². The Balaban J connectivity index is 1.94. The Kier molecular flexibility index (Phi) is 4.58. The molecule has 0 unspecified atom stereocenters. The summed E-state index contributed by atoms with van der Waals surface area (Å²) in [5.41, 5.74) is 3.16. The molecule has 0 atom stereocenters. The summed E-state index contributed by atoms with van der Waals surface area (Å²) >= 11 is 0. The van der Waals surface area contributed by atoms with Gasteiger partial charge in [0.2, 0.25) is 0 Å². The maximum atomic E-state index is 11.3. The molecule has 3 aromatic rings. The van der Waals surface area contributed by atoms with Gasteiger partial charge in [0.25, 0.3) is 0 Å². The minimum atomic E-state index is -1.02. The summed E-state index contributed by atoms with van der Waals surface area (Å²) < 4.78 is 5.85. The lowest BCUT2D eigenvalue weighted by Gasteiger charge is -2.18. The molecule has 0 spiro atoms. The summed E-state index contributed by atoms with van der Waals surface area (Å²) in [7, 11) is 1.78. The van der Waals surface area contributed by atoms with E-state index in [-0.39, 0.29) is 5.56 Å². The zero-order valence-electron chi connectivity index (χ0n) is 14.1. The Morgan fingerprint density at radius 1 is 1.36 bits per heavy atom. The van der Waals surface area contributed by atoms with E-state index in [1.54, 1.807) is 18.1 Å². The third-order valence-electron chi connectivity index (χ3n) is 3.91. The SMILES string of the molecule is CCCc1ccc(Oc2cc3nccc(C(=O)O)c3[nH]2)cc1N(C)N. The first kappa shape index (κ1) is 16.8. The number of pyridine rings is 1. The van der Waals surface area contributed by atoms with Crippen LogP contribution >= 0.6 is 0 Å². The molecule has 0 bridgehead atoms. The van der Waals surface area contributed by atoms with E-state index in [1.807, 2.05) is 18.2 Å². The number of nitrogens with zero attached hydrogens (tertiary/aromatic N) is 2. The lowest BCUT2D eigenvalue weighted by atomic mass is 10.1. The van der Waals surface area contributed by atoms with E-state index in [1.165, 1.54) is 12.3 Å². The van der Waals surface area contributed by atoms with E-state index in [9.17, 15) is 9.90 Å². The topological polar surface area (TPSA) is 104 Å². The highest BCUT2D eigenvalue weighted by atomic mass is 16.5. The van der Waals surface area contributed by atoms with Crippen LogP contribution in [0.4, 0.5) is 5.69 Å². The van der Waals surface area contributed by atoms with Gasteiger partial charge in [-0.2, -0.15) is 0 Å². The van der Waals surface area contributed by atoms with Crippen molar-refractivity contribution in [1.29, 1.82) is 0 Å². The van der Waals surface area contributed by atoms with E-state index >= 15 is 0 Å². The van der Waals surface area contributed by atoms with Gasteiger partial charge in [-0.15, -0.1) is 0 Å². The second-order valence-corrected chi connectivity index (χ2v) is 5.81. The average molecular weight is 340 g/mol. The van der Waals surface area contributed by atoms with Crippen LogP contribution in [0.1, 0.15) is 29.3 Å². The quantitative estimate of drug-likeness (QED) is 0.470. The number of hydrogen-bond acceptors (Lipinski definition) is 5. The number of carbonyl (C=O) groups is 1. The normalized spacial score (nSPS) is 10.8. The molecular formula is C18H20N4O3. The van der Waals surface area contributed by atoms with E-state index in [0.29, 0.717) is 22.7 Å². The van der Waals surface area contributed by atoms with Gasteiger partial charge in [-0.1, -0.05) is 19.4 Å². The number of nitrogens with one attached hydrogen (secondary N) is 1. The van der Waals surface area contributed by atoms with Crippen molar-refractivity contribution in [2.75, 3.05) is 12.1 Å². The number of aromatic amines is 1. The summed E-state index contributed by atoms with van der Waals surface area (Å²) in [4.78, 5) is 18.4. The van der Waals surface area contributed by atoms with Crippen LogP contribution in [0, 0.1) is 0 Å². The van der Waals surface area contributed by atoms with Gasteiger partial charge in [0.15, 0.2) is 5.88 Å². The Bertz CT molecular complexity index is 918. The maximum absolute atomic E-state index is 11.3. The molecule has 130 valence electrons. The number of anilines is 1. The number of carboxylic acids is 1. The molecule has 0 aliphatic heterocycles. The molecule has 2 aromatic heterocycles. The Hall–Kier alpha value is -3.06. The van der Waals surface area contributed by atoms with Gasteiger partial charge in [-0.25, -0.2) is 10.6 Å². The van der Waals surface area contributed by atoms with Crippen LogP contribution in [0.2, 0.25) is 0 Å². The number of ether oxygens (including phenoxy) is 1. The van der Waals surface area contributed by atoms with E-state index in [0.717, 1.165) is 24.1 Å². The number of benzene rings is 1. The maximum Gasteiger partial charge on any atom is 0.337 e. The molecular weight excluding hydrogens is 320 g/mol. The standard InChI is InChI=1S/C18H20N4O3/c1-3-4-11-5-6-12(9-15(11)22(2)19)25-16-10-14-17(21-16)13(18(23)24)7-8-20-14/h5-10,21H,3-4,19H2,1-2H3,(H,23,24). The molecule has 2 heterocycles. The molecule has 1 aromatic carbocycles. The number of hydrogen-bond donors (Lipinski definition) is 3. The van der Waals surface area contributed by atoms with Crippen LogP contribution in [0.15, 0.2) is 36.5 Å². The second kappa shape index (κ2) is 6.82. The summed E-state index contributed by atoms with van der Waals surface area (Å²) in [6.45, 7) is 2.11. The minimum Gasteiger partial charge on any atom is -0.478 e. The third kappa shape index (κ3) is 3.41. The first-order valence-electron chi connectivity index (χ1n) is 7.99. The molecule has 0 saturated heterocycles. The fraction of sp³-hybridized carbons (Fsp3) is 0.222. The number of fused-ring (bicyclic) bond motifs is 1. The van der Waals surface area contributed by atoms with Crippen molar-refractivity contribution in [3.8, 4) is 11.6 Å². The predicted molar refractivity (Wildman–Crippen MR) is 96.2 cm³/mol. The van der Waals surface area contributed by atoms with Crippen LogP contribution in [0.3, 0.4) is 0 Å². The van der Waals surface area contributed by atoms with Gasteiger partial charge in [0, 0.05) is 25.4 Å². The molecule has 0 amide bonds. The molecule has 7 nitrogen and oxygen atoms in total. The zero-order chi connectivity index (χ0) is 18.0. The molecule has 0 fully saturated rings. The molecule has 0 aliphatic carbocycles. The number of aromatic carboxylic acids is 1. The largest absolute Gasteiger partial charge is 0.478 e. The van der Waals surface area contributed by atoms with E-state index < -0.39 is 5.97 Å². The third-order valence-corrected chi connectivity index (χ3v) is 3.91. The first-order chi connectivity index (χ1) is 12.0. The second-order valence-electron chi connectivity index (χ2n) is 5.81. The van der Waals surface area contributed by atoms with Gasteiger partial charge in [-0.3, -0.25) is 4.98 Å². The van der Waals surface area contributed by atoms with Crippen LogP contribution in [-0.2, 0) is 6.42 Å².